The Hall–Kier alpha value is -2.62. The van der Waals surface area contributed by atoms with E-state index in [1.54, 1.807) is 14.2 Å². The Balaban J connectivity index is 1.80. The number of ether oxygens (including phenoxy) is 2. The highest BCUT2D eigenvalue weighted by Gasteiger charge is 2.60. The van der Waals surface area contributed by atoms with E-state index in [9.17, 15) is 9.59 Å². The van der Waals surface area contributed by atoms with Gasteiger partial charge in [-0.05, 0) is 61.1 Å². The average molecular weight is 378 g/mol. The molecule has 2 aliphatic rings. The Bertz CT molecular complexity index is 952. The van der Waals surface area contributed by atoms with E-state index >= 15 is 0 Å². The minimum atomic E-state index is -0.786. The van der Waals surface area contributed by atoms with Crippen molar-refractivity contribution in [1.82, 2.24) is 0 Å². The lowest BCUT2D eigenvalue weighted by molar-refractivity contribution is 0.0441. The fourth-order valence-electron chi connectivity index (χ4n) is 5.06. The molecule has 0 saturated carbocycles. The van der Waals surface area contributed by atoms with E-state index in [2.05, 4.69) is 0 Å². The number of carbonyl (C=O) groups is 2. The topological polar surface area (TPSA) is 52.6 Å². The highest BCUT2D eigenvalue weighted by molar-refractivity contribution is 6.13. The van der Waals surface area contributed by atoms with E-state index < -0.39 is 10.8 Å². The van der Waals surface area contributed by atoms with Gasteiger partial charge < -0.3 is 9.47 Å². The molecule has 2 aromatic rings. The van der Waals surface area contributed by atoms with E-state index in [0.717, 1.165) is 22.3 Å². The van der Waals surface area contributed by atoms with Crippen LogP contribution in [0.2, 0.25) is 0 Å². The smallest absolute Gasteiger partial charge is 0.170 e. The molecule has 0 radical (unpaired) electrons. The molecule has 28 heavy (non-hydrogen) atoms. The van der Waals surface area contributed by atoms with Crippen molar-refractivity contribution >= 4 is 11.6 Å². The largest absolute Gasteiger partial charge is 0.496 e. The zero-order chi connectivity index (χ0) is 20.4. The van der Waals surface area contributed by atoms with Crippen LogP contribution in [-0.4, -0.2) is 25.8 Å². The number of hydrogen-bond acceptors (Lipinski definition) is 4. The van der Waals surface area contributed by atoms with E-state index in [-0.39, 0.29) is 11.6 Å². The van der Waals surface area contributed by atoms with Gasteiger partial charge in [0.1, 0.15) is 11.5 Å². The lowest BCUT2D eigenvalue weighted by Gasteiger charge is -2.38. The molecule has 2 atom stereocenters. The Kier molecular flexibility index (Phi) is 3.97. The molecule has 0 fully saturated rings. The minimum absolute atomic E-state index is 0.0353. The molecule has 2 unspecified atom stereocenters. The van der Waals surface area contributed by atoms with Crippen LogP contribution in [-0.2, 0) is 12.8 Å². The first-order valence-corrected chi connectivity index (χ1v) is 9.61. The molecule has 0 heterocycles. The van der Waals surface area contributed by atoms with Crippen LogP contribution in [0.4, 0.5) is 0 Å². The molecule has 0 aromatic heterocycles. The summed E-state index contributed by atoms with van der Waals surface area (Å²) in [5.41, 5.74) is 3.81. The summed E-state index contributed by atoms with van der Waals surface area (Å²) in [5.74, 6) is 1.49. The quantitative estimate of drug-likeness (QED) is 0.788. The molecular weight excluding hydrogens is 352 g/mol. The van der Waals surface area contributed by atoms with Gasteiger partial charge in [-0.25, -0.2) is 0 Å². The van der Waals surface area contributed by atoms with Crippen LogP contribution < -0.4 is 9.47 Å². The van der Waals surface area contributed by atoms with Crippen LogP contribution in [0, 0.1) is 24.7 Å². The third-order valence-electron chi connectivity index (χ3n) is 7.04. The lowest BCUT2D eigenvalue weighted by Crippen LogP contribution is -2.46. The first kappa shape index (κ1) is 18.7. The molecule has 0 N–H and O–H groups in total. The summed E-state index contributed by atoms with van der Waals surface area (Å²) < 4.78 is 10.8. The summed E-state index contributed by atoms with van der Waals surface area (Å²) in [6, 6.07) is 7.73. The predicted molar refractivity (Wildman–Crippen MR) is 108 cm³/mol. The molecule has 4 nitrogen and oxygen atoms in total. The zero-order valence-corrected chi connectivity index (χ0v) is 17.4. The maximum atomic E-state index is 13.5. The number of methoxy groups -OCH3 is 2. The van der Waals surface area contributed by atoms with Crippen LogP contribution in [0.15, 0.2) is 24.3 Å². The Morgan fingerprint density at radius 2 is 1.07 bits per heavy atom. The number of carbonyl (C=O) groups excluding carboxylic acids is 2. The van der Waals surface area contributed by atoms with Gasteiger partial charge in [0, 0.05) is 22.0 Å². The number of aryl methyl sites for hydroxylation is 2. The SMILES string of the molecule is COc1cc2c(cc1C)CC(C)(C1(C)Cc3cc(C)c(OC)cc3C1=O)C2=O. The number of ketones is 2. The van der Waals surface area contributed by atoms with Crippen LogP contribution in [0.3, 0.4) is 0 Å². The fourth-order valence-corrected chi connectivity index (χ4v) is 5.06. The second-order valence-electron chi connectivity index (χ2n) is 8.63. The standard InChI is InChI=1S/C24H26O4/c1-13-7-15-11-23(3,21(25)17(15)9-19(13)27-5)24(4)12-16-8-14(2)20(28-6)10-18(16)22(24)26/h7-10H,11-12H2,1-6H3. The summed E-state index contributed by atoms with van der Waals surface area (Å²) in [6.07, 6.45) is 1.14. The van der Waals surface area contributed by atoms with Crippen molar-refractivity contribution in [1.29, 1.82) is 0 Å². The van der Waals surface area contributed by atoms with Crippen molar-refractivity contribution in [3.8, 4) is 11.5 Å². The minimum Gasteiger partial charge on any atom is -0.496 e. The van der Waals surface area contributed by atoms with Crippen molar-refractivity contribution in [2.45, 2.75) is 40.5 Å². The molecule has 146 valence electrons. The summed E-state index contributed by atoms with van der Waals surface area (Å²) >= 11 is 0. The van der Waals surface area contributed by atoms with Crippen LogP contribution in [0.25, 0.3) is 0 Å². The number of rotatable bonds is 3. The highest BCUT2D eigenvalue weighted by atomic mass is 16.5. The number of hydrogen-bond donors (Lipinski definition) is 0. The third kappa shape index (κ3) is 2.24. The van der Waals surface area contributed by atoms with Crippen molar-refractivity contribution < 1.29 is 19.1 Å². The summed E-state index contributed by atoms with van der Waals surface area (Å²) in [6.45, 7) is 7.86. The third-order valence-corrected chi connectivity index (χ3v) is 7.04. The maximum Gasteiger partial charge on any atom is 0.170 e. The van der Waals surface area contributed by atoms with Gasteiger partial charge in [0.05, 0.1) is 14.2 Å². The Morgan fingerprint density at radius 1 is 0.714 bits per heavy atom. The van der Waals surface area contributed by atoms with Gasteiger partial charge in [-0.15, -0.1) is 0 Å². The monoisotopic (exact) mass is 378 g/mol. The van der Waals surface area contributed by atoms with Gasteiger partial charge >= 0.3 is 0 Å². The predicted octanol–water partition coefficient (Wildman–Crippen LogP) is 4.51. The molecule has 2 aliphatic carbocycles. The Morgan fingerprint density at radius 3 is 1.39 bits per heavy atom. The summed E-state index contributed by atoms with van der Waals surface area (Å²) in [4.78, 5) is 27.1. The molecule has 0 aliphatic heterocycles. The lowest BCUT2D eigenvalue weighted by atomic mass is 9.61. The molecule has 4 rings (SSSR count). The van der Waals surface area contributed by atoms with Gasteiger partial charge in [0.25, 0.3) is 0 Å². The number of benzene rings is 2. The summed E-state index contributed by atoms with van der Waals surface area (Å²) in [7, 11) is 3.23. The molecular formula is C24H26O4. The van der Waals surface area contributed by atoms with E-state index in [1.807, 2.05) is 52.0 Å². The van der Waals surface area contributed by atoms with Crippen molar-refractivity contribution in [2.75, 3.05) is 14.2 Å². The first-order chi connectivity index (χ1) is 13.2. The van der Waals surface area contributed by atoms with Gasteiger partial charge in [-0.3, -0.25) is 9.59 Å². The molecule has 0 amide bonds. The zero-order valence-electron chi connectivity index (χ0n) is 17.4. The number of fused-ring (bicyclic) bond motifs is 2. The number of Topliss-reactive ketones (excluding diaryl/α,β-unsaturated/α-hetero) is 2. The van der Waals surface area contributed by atoms with E-state index in [1.165, 1.54) is 0 Å². The van der Waals surface area contributed by atoms with Crippen LogP contribution in [0.1, 0.15) is 56.8 Å². The summed E-state index contributed by atoms with van der Waals surface area (Å²) in [5, 5.41) is 0. The second-order valence-corrected chi connectivity index (χ2v) is 8.63. The average Bonchev–Trinajstić information content (AvgIpc) is 3.06. The maximum absolute atomic E-state index is 13.5. The molecule has 4 heteroatoms. The van der Waals surface area contributed by atoms with Crippen molar-refractivity contribution in [3.63, 3.8) is 0 Å². The normalized spacial score (nSPS) is 25.6. The molecule has 0 saturated heterocycles. The van der Waals surface area contributed by atoms with Crippen LogP contribution >= 0.6 is 0 Å². The fraction of sp³-hybridized carbons (Fsp3) is 0.417. The van der Waals surface area contributed by atoms with Gasteiger partial charge in [-0.2, -0.15) is 0 Å². The van der Waals surface area contributed by atoms with E-state index in [0.29, 0.717) is 35.5 Å². The van der Waals surface area contributed by atoms with Crippen molar-refractivity contribution in [3.05, 3.63) is 57.6 Å². The van der Waals surface area contributed by atoms with Gasteiger partial charge in [-0.1, -0.05) is 26.0 Å². The molecule has 2 aromatic carbocycles. The molecule has 0 bridgehead atoms. The molecule has 0 spiro atoms. The van der Waals surface area contributed by atoms with Crippen molar-refractivity contribution in [2.24, 2.45) is 10.8 Å². The first-order valence-electron chi connectivity index (χ1n) is 9.61. The highest BCUT2D eigenvalue weighted by Crippen LogP contribution is 2.56. The van der Waals surface area contributed by atoms with E-state index in [4.69, 9.17) is 9.47 Å². The Labute approximate surface area is 165 Å². The van der Waals surface area contributed by atoms with Gasteiger partial charge in [0.15, 0.2) is 11.6 Å². The second kappa shape index (κ2) is 5.94. The van der Waals surface area contributed by atoms with Gasteiger partial charge in [0.2, 0.25) is 0 Å². The van der Waals surface area contributed by atoms with Crippen LogP contribution in [0.5, 0.6) is 11.5 Å².